The van der Waals surface area contributed by atoms with Crippen molar-refractivity contribution in [3.05, 3.63) is 58.7 Å². The molecular formula is C43H69FO6. The molecule has 2 aromatic carbocycles. The number of aliphatic hydroxyl groups is 4. The van der Waals surface area contributed by atoms with Gasteiger partial charge in [-0.1, -0.05) is 76.6 Å². The van der Waals surface area contributed by atoms with Crippen LogP contribution >= 0.6 is 0 Å². The summed E-state index contributed by atoms with van der Waals surface area (Å²) in [4.78, 5) is 0. The van der Waals surface area contributed by atoms with Gasteiger partial charge in [0.15, 0.2) is 0 Å². The first-order valence-electron chi connectivity index (χ1n) is 19.9. The highest BCUT2D eigenvalue weighted by Gasteiger charge is 2.46. The number of hydrogen-bond acceptors (Lipinski definition) is 6. The van der Waals surface area contributed by atoms with E-state index in [0.717, 1.165) is 101 Å². The van der Waals surface area contributed by atoms with Crippen molar-refractivity contribution in [3.63, 3.8) is 0 Å². The van der Waals surface area contributed by atoms with Gasteiger partial charge in [-0.25, -0.2) is 0 Å². The summed E-state index contributed by atoms with van der Waals surface area (Å²) in [6.07, 6.45) is 17.1. The predicted octanol–water partition coefficient (Wildman–Crippen LogP) is 8.35. The van der Waals surface area contributed by atoms with E-state index in [0.29, 0.717) is 41.3 Å². The molecule has 50 heavy (non-hydrogen) atoms. The van der Waals surface area contributed by atoms with Gasteiger partial charge in [0.05, 0.1) is 31.5 Å². The maximum atomic E-state index is 10.6. The molecule has 0 heterocycles. The van der Waals surface area contributed by atoms with Gasteiger partial charge in [0.2, 0.25) is 0 Å². The van der Waals surface area contributed by atoms with Gasteiger partial charge >= 0.3 is 0 Å². The molecule has 0 unspecified atom stereocenters. The lowest BCUT2D eigenvalue weighted by atomic mass is 9.73. The number of halogens is 1. The summed E-state index contributed by atoms with van der Waals surface area (Å²) in [5.74, 6) is 4.13. The van der Waals surface area contributed by atoms with Gasteiger partial charge in [-0.05, 0) is 147 Å². The van der Waals surface area contributed by atoms with Crippen molar-refractivity contribution >= 4 is 0 Å². The Hall–Kier alpha value is -2.19. The minimum atomic E-state index is -0.251. The van der Waals surface area contributed by atoms with Crippen molar-refractivity contribution in [2.24, 2.45) is 35.5 Å². The van der Waals surface area contributed by atoms with Crippen molar-refractivity contribution < 1.29 is 36.4 Å². The van der Waals surface area contributed by atoms with Gasteiger partial charge in [0.1, 0.15) is 11.5 Å². The van der Waals surface area contributed by atoms with Crippen LogP contribution in [-0.4, -0.2) is 57.1 Å². The van der Waals surface area contributed by atoms with E-state index in [-0.39, 0.29) is 30.5 Å². The number of benzene rings is 2. The Morgan fingerprint density at radius 2 is 1.16 bits per heavy atom. The van der Waals surface area contributed by atoms with Gasteiger partial charge in [-0.15, -0.1) is 0 Å². The van der Waals surface area contributed by atoms with Crippen LogP contribution in [-0.2, 0) is 25.7 Å². The number of aromatic hydroxyl groups is 1. The van der Waals surface area contributed by atoms with Crippen molar-refractivity contribution in [2.75, 3.05) is 7.11 Å². The zero-order valence-corrected chi connectivity index (χ0v) is 31.0. The van der Waals surface area contributed by atoms with Crippen molar-refractivity contribution in [1.29, 1.82) is 0 Å². The maximum Gasteiger partial charge on any atom is 0.122 e. The number of phenolic OH excluding ortho intramolecular Hbond substituents is 1. The number of aliphatic hydroxyl groups excluding tert-OH is 4. The minimum Gasteiger partial charge on any atom is -0.508 e. The van der Waals surface area contributed by atoms with Gasteiger partial charge in [-0.3, -0.25) is 4.70 Å². The molecule has 6 nitrogen and oxygen atoms in total. The largest absolute Gasteiger partial charge is 0.508 e. The molecule has 0 spiro atoms. The second-order valence-corrected chi connectivity index (χ2v) is 16.1. The fraction of sp³-hybridized carbons (Fsp3) is 0.721. The van der Waals surface area contributed by atoms with Crippen molar-refractivity contribution in [2.45, 2.75) is 154 Å². The van der Waals surface area contributed by atoms with E-state index in [4.69, 9.17) is 4.74 Å². The summed E-state index contributed by atoms with van der Waals surface area (Å²) < 4.78 is 5.54. The molecule has 2 aromatic rings. The Balaban J connectivity index is 0.000000265. The second-order valence-electron chi connectivity index (χ2n) is 16.1. The number of methoxy groups -OCH3 is 1. The zero-order chi connectivity index (χ0) is 34.9. The maximum absolute atomic E-state index is 10.6. The van der Waals surface area contributed by atoms with E-state index < -0.39 is 0 Å². The van der Waals surface area contributed by atoms with E-state index in [1.165, 1.54) is 42.4 Å². The Morgan fingerprint density at radius 1 is 0.680 bits per heavy atom. The van der Waals surface area contributed by atoms with Crippen LogP contribution in [0, 0.1) is 35.5 Å². The Kier molecular flexibility index (Phi) is 15.9. The number of fused-ring (bicyclic) bond motifs is 4. The van der Waals surface area contributed by atoms with Crippen molar-refractivity contribution in [3.8, 4) is 11.5 Å². The lowest BCUT2D eigenvalue weighted by Gasteiger charge is -2.32. The lowest BCUT2D eigenvalue weighted by Crippen LogP contribution is -2.28. The zero-order valence-electron chi connectivity index (χ0n) is 31.0. The molecule has 2 saturated carbocycles. The number of rotatable bonds is 15. The molecular weight excluding hydrogens is 631 g/mol. The molecule has 2 fully saturated rings. The van der Waals surface area contributed by atoms with E-state index in [2.05, 4.69) is 38.1 Å². The highest BCUT2D eigenvalue weighted by Crippen LogP contribution is 2.49. The molecule has 0 saturated heterocycles. The summed E-state index contributed by atoms with van der Waals surface area (Å²) in [7, 11) is 1.74. The van der Waals surface area contributed by atoms with Crippen LogP contribution in [0.15, 0.2) is 36.4 Å². The summed E-state index contributed by atoms with van der Waals surface area (Å²) in [6, 6.07) is 12.2. The Bertz CT molecular complexity index is 1310. The first-order chi connectivity index (χ1) is 23.7. The first-order valence-corrected chi connectivity index (χ1v) is 19.9. The van der Waals surface area contributed by atoms with Crippen LogP contribution < -0.4 is 4.74 Å². The normalized spacial score (nSPS) is 28.9. The molecule has 0 bridgehead atoms. The fourth-order valence-electron chi connectivity index (χ4n) is 10.1. The second kappa shape index (κ2) is 19.6. The van der Waals surface area contributed by atoms with Gasteiger partial charge in [0.25, 0.3) is 0 Å². The molecule has 0 aromatic heterocycles. The molecule has 0 amide bonds. The standard InChI is InChI=1S/C22H34O3.C21H32O3.FH.H2/c1-3-4-5-8-17(23)10-11-18-19-12-15-7-6-9-22(25-2)20(15)13-16(19)14-21(18)24;1-2-3-4-7-16(22)9-10-17-18-11-14-6-5-8-20(23)19(14)12-15(18)13-21(17)24;;/h6-7,9,16-19,21,23-24H,3-5,8,10-14H2,1-2H3;5-6,8,15-18,21-24H,2-4,7,9-13H2,1H3;2*1H/t16-,17-,18+,19-,21+;15-,16+,17+,18-,21+;;/m00../s1/i;;;1+2. The van der Waals surface area contributed by atoms with Crippen LogP contribution in [0.2, 0.25) is 0 Å². The van der Waals surface area contributed by atoms with Crippen LogP contribution in [0.3, 0.4) is 0 Å². The predicted molar refractivity (Wildman–Crippen MR) is 201 cm³/mol. The average Bonchev–Trinajstić information content (AvgIpc) is 3.57. The lowest BCUT2D eigenvalue weighted by molar-refractivity contribution is 0.0864. The third kappa shape index (κ3) is 10.0. The number of unbranched alkanes of at least 4 members (excludes halogenated alkanes) is 4. The van der Waals surface area contributed by atoms with Gasteiger partial charge in [0, 0.05) is 1.43 Å². The SMILES string of the molecule is CCCCC[C@@H](O)CC[C@@H]1[C@H]2Cc3cccc(O)c3C[C@H]2C[C@H]1O.CCCCC[C@H](O)CC[C@@H]1[C@H]2Cc3cccc(OC)c3C[C@H]2C[C@H]1O.F.[3HH]. The van der Waals surface area contributed by atoms with Crippen molar-refractivity contribution in [1.82, 2.24) is 0 Å². The molecule has 4 aliphatic rings. The summed E-state index contributed by atoms with van der Waals surface area (Å²) in [5, 5.41) is 51.7. The molecule has 10 atom stereocenters. The quantitative estimate of drug-likeness (QED) is 0.119. The summed E-state index contributed by atoms with van der Waals surface area (Å²) >= 11 is 0. The van der Waals surface area contributed by atoms with E-state index in [1.807, 2.05) is 6.07 Å². The molecule has 0 aliphatic heterocycles. The third-order valence-electron chi connectivity index (χ3n) is 12.9. The van der Waals surface area contributed by atoms with E-state index in [1.54, 1.807) is 13.2 Å². The smallest absolute Gasteiger partial charge is 0.122 e. The van der Waals surface area contributed by atoms with Crippen LogP contribution in [0.1, 0.15) is 127 Å². The molecule has 0 radical (unpaired) electrons. The van der Waals surface area contributed by atoms with E-state index >= 15 is 0 Å². The molecule has 5 N–H and O–H groups in total. The topological polar surface area (TPSA) is 110 Å². The highest BCUT2D eigenvalue weighted by atomic mass is 19.0. The summed E-state index contributed by atoms with van der Waals surface area (Å²) in [5.41, 5.74) is 5.08. The Labute approximate surface area is 302 Å². The average molecular weight is 703 g/mol. The van der Waals surface area contributed by atoms with Crippen LogP contribution in [0.25, 0.3) is 0 Å². The number of ether oxygens (including phenoxy) is 1. The highest BCUT2D eigenvalue weighted by molar-refractivity contribution is 5.43. The molecule has 284 valence electrons. The van der Waals surface area contributed by atoms with Gasteiger partial charge < -0.3 is 30.3 Å². The third-order valence-corrected chi connectivity index (χ3v) is 12.9. The number of phenols is 1. The minimum absolute atomic E-state index is 0. The van der Waals surface area contributed by atoms with E-state index in [9.17, 15) is 25.5 Å². The monoisotopic (exact) mass is 703 g/mol. The molecule has 7 heteroatoms. The Morgan fingerprint density at radius 3 is 1.66 bits per heavy atom. The van der Waals surface area contributed by atoms with Crippen LogP contribution in [0.5, 0.6) is 11.5 Å². The summed E-state index contributed by atoms with van der Waals surface area (Å²) in [6.45, 7) is 4.37. The first kappa shape index (κ1) is 40.6. The fourth-order valence-corrected chi connectivity index (χ4v) is 10.1. The van der Waals surface area contributed by atoms with Crippen LogP contribution in [0.4, 0.5) is 4.70 Å². The van der Waals surface area contributed by atoms with Gasteiger partial charge in [-0.2, -0.15) is 0 Å². The molecule has 4 aliphatic carbocycles. The number of hydrogen-bond donors (Lipinski definition) is 5. The molecule has 6 rings (SSSR count).